The quantitative estimate of drug-likeness (QED) is 0.764. The number of rotatable bonds is 3. The van der Waals surface area contributed by atoms with Gasteiger partial charge in [-0.2, -0.15) is 5.26 Å². The zero-order valence-electron chi connectivity index (χ0n) is 8.60. The molecule has 0 bridgehead atoms. The molecule has 1 rings (SSSR count). The lowest BCUT2D eigenvalue weighted by Gasteiger charge is -2.17. The Morgan fingerprint density at radius 3 is 2.67 bits per heavy atom. The maximum atomic E-state index is 11.6. The van der Waals surface area contributed by atoms with Gasteiger partial charge in [0, 0.05) is 12.2 Å². The van der Waals surface area contributed by atoms with Crippen LogP contribution in [0, 0.1) is 11.3 Å². The van der Waals surface area contributed by atoms with Crippen molar-refractivity contribution in [2.75, 3.05) is 18.4 Å². The van der Waals surface area contributed by atoms with Crippen LogP contribution in [0.1, 0.15) is 6.92 Å². The molecule has 0 radical (unpaired) electrons. The van der Waals surface area contributed by atoms with Gasteiger partial charge in [-0.15, -0.1) is 0 Å². The molecule has 78 valence electrons. The smallest absolute Gasteiger partial charge is 0.311 e. The Bertz CT molecular complexity index is 356. The van der Waals surface area contributed by atoms with Crippen LogP contribution < -0.4 is 5.32 Å². The molecule has 0 unspecified atom stereocenters. The van der Waals surface area contributed by atoms with E-state index in [0.29, 0.717) is 6.54 Å². The number of benzene rings is 1. The minimum absolute atomic E-state index is 0.106. The summed E-state index contributed by atoms with van der Waals surface area (Å²) in [6, 6.07) is 10.9. The molecule has 4 heteroatoms. The van der Waals surface area contributed by atoms with Crippen LogP contribution in [0.4, 0.5) is 10.5 Å². The second kappa shape index (κ2) is 5.66. The fourth-order valence-electron chi connectivity index (χ4n) is 1.14. The van der Waals surface area contributed by atoms with Crippen molar-refractivity contribution in [2.45, 2.75) is 6.92 Å². The van der Waals surface area contributed by atoms with Gasteiger partial charge in [-0.05, 0) is 19.1 Å². The van der Waals surface area contributed by atoms with Gasteiger partial charge in [0.1, 0.15) is 6.54 Å². The van der Waals surface area contributed by atoms with Crippen molar-refractivity contribution < 1.29 is 4.79 Å². The van der Waals surface area contributed by atoms with Crippen molar-refractivity contribution in [1.82, 2.24) is 4.90 Å². The lowest BCUT2D eigenvalue weighted by Crippen LogP contribution is -2.34. The van der Waals surface area contributed by atoms with E-state index in [2.05, 4.69) is 5.32 Å². The zero-order chi connectivity index (χ0) is 11.1. The van der Waals surface area contributed by atoms with Gasteiger partial charge in [0.25, 0.3) is 0 Å². The van der Waals surface area contributed by atoms with E-state index in [1.807, 2.05) is 31.2 Å². The molecular formula is C11H13N3O. The van der Waals surface area contributed by atoms with Gasteiger partial charge in [-0.1, -0.05) is 18.2 Å². The monoisotopic (exact) mass is 203 g/mol. The minimum Gasteiger partial charge on any atom is -0.311 e. The Morgan fingerprint density at radius 2 is 2.13 bits per heavy atom. The van der Waals surface area contributed by atoms with Crippen molar-refractivity contribution in [3.8, 4) is 6.07 Å². The Balaban J connectivity index is 2.59. The number of nitrogens with one attached hydrogen (secondary N) is 1. The molecule has 0 spiro atoms. The van der Waals surface area contributed by atoms with E-state index in [1.54, 1.807) is 12.1 Å². The molecule has 4 nitrogen and oxygen atoms in total. The highest BCUT2D eigenvalue weighted by molar-refractivity contribution is 5.89. The summed E-state index contributed by atoms with van der Waals surface area (Å²) >= 11 is 0. The summed E-state index contributed by atoms with van der Waals surface area (Å²) in [5.41, 5.74) is 0.735. The number of carbonyl (C=O) groups excluding carboxylic acids is 1. The number of amides is 2. The number of nitrogens with zero attached hydrogens (tertiary/aromatic N) is 2. The third kappa shape index (κ3) is 3.31. The fraction of sp³-hybridized carbons (Fsp3) is 0.273. The van der Waals surface area contributed by atoms with Crippen molar-refractivity contribution in [3.63, 3.8) is 0 Å². The number of carbonyl (C=O) groups is 1. The maximum absolute atomic E-state index is 11.6. The summed E-state index contributed by atoms with van der Waals surface area (Å²) in [5.74, 6) is 0. The predicted molar refractivity (Wildman–Crippen MR) is 58.3 cm³/mol. The number of nitriles is 1. The predicted octanol–water partition coefficient (Wildman–Crippen LogP) is 2.06. The van der Waals surface area contributed by atoms with Gasteiger partial charge in [-0.3, -0.25) is 0 Å². The molecule has 0 fully saturated rings. The molecule has 0 aromatic heterocycles. The summed E-state index contributed by atoms with van der Waals surface area (Å²) in [7, 11) is 0. The second-order valence-electron chi connectivity index (χ2n) is 2.97. The molecule has 1 aromatic carbocycles. The van der Waals surface area contributed by atoms with E-state index >= 15 is 0 Å². The average Bonchev–Trinajstić information content (AvgIpc) is 2.27. The first-order valence-electron chi connectivity index (χ1n) is 4.76. The minimum atomic E-state index is -0.245. The van der Waals surface area contributed by atoms with E-state index in [1.165, 1.54) is 4.90 Å². The Morgan fingerprint density at radius 1 is 1.47 bits per heavy atom. The molecule has 0 atom stereocenters. The standard InChI is InChI=1S/C11H13N3O/c1-2-14(9-8-12)11(15)13-10-6-4-3-5-7-10/h3-7H,2,9H2,1H3,(H,13,15). The van der Waals surface area contributed by atoms with Crippen LogP contribution in [0.5, 0.6) is 0 Å². The first-order chi connectivity index (χ1) is 7.27. The number of para-hydroxylation sites is 1. The summed E-state index contributed by atoms with van der Waals surface area (Å²) < 4.78 is 0. The average molecular weight is 203 g/mol. The normalized spacial score (nSPS) is 9.07. The molecule has 0 aliphatic rings. The number of hydrogen-bond acceptors (Lipinski definition) is 2. The summed E-state index contributed by atoms with van der Waals surface area (Å²) in [5, 5.41) is 11.2. The molecular weight excluding hydrogens is 190 g/mol. The third-order valence-corrected chi connectivity index (χ3v) is 1.96. The van der Waals surface area contributed by atoms with Crippen LogP contribution in [-0.4, -0.2) is 24.0 Å². The maximum Gasteiger partial charge on any atom is 0.322 e. The highest BCUT2D eigenvalue weighted by Crippen LogP contribution is 2.06. The summed E-state index contributed by atoms with van der Waals surface area (Å²) in [6.07, 6.45) is 0. The Labute approximate surface area is 89.1 Å². The molecule has 1 N–H and O–H groups in total. The van der Waals surface area contributed by atoms with Crippen LogP contribution in [0.2, 0.25) is 0 Å². The first-order valence-corrected chi connectivity index (χ1v) is 4.76. The van der Waals surface area contributed by atoms with E-state index in [4.69, 9.17) is 5.26 Å². The fourth-order valence-corrected chi connectivity index (χ4v) is 1.14. The Hall–Kier alpha value is -2.02. The van der Waals surface area contributed by atoms with Gasteiger partial charge in [0.15, 0.2) is 0 Å². The summed E-state index contributed by atoms with van der Waals surface area (Å²) in [6.45, 7) is 2.46. The molecule has 0 aliphatic heterocycles. The zero-order valence-corrected chi connectivity index (χ0v) is 8.60. The topological polar surface area (TPSA) is 56.1 Å². The van der Waals surface area contributed by atoms with Crippen LogP contribution in [0.15, 0.2) is 30.3 Å². The van der Waals surface area contributed by atoms with Crippen LogP contribution in [-0.2, 0) is 0 Å². The molecule has 0 aliphatic carbocycles. The number of hydrogen-bond donors (Lipinski definition) is 1. The van der Waals surface area contributed by atoms with Crippen molar-refractivity contribution in [2.24, 2.45) is 0 Å². The lowest BCUT2D eigenvalue weighted by atomic mass is 10.3. The summed E-state index contributed by atoms with van der Waals surface area (Å²) in [4.78, 5) is 13.0. The van der Waals surface area contributed by atoms with Gasteiger partial charge < -0.3 is 10.2 Å². The van der Waals surface area contributed by atoms with Crippen LogP contribution in [0.3, 0.4) is 0 Å². The van der Waals surface area contributed by atoms with E-state index in [0.717, 1.165) is 5.69 Å². The van der Waals surface area contributed by atoms with E-state index in [9.17, 15) is 4.79 Å². The lowest BCUT2D eigenvalue weighted by molar-refractivity contribution is 0.220. The van der Waals surface area contributed by atoms with Crippen molar-refractivity contribution in [1.29, 1.82) is 5.26 Å². The second-order valence-corrected chi connectivity index (χ2v) is 2.97. The van der Waals surface area contributed by atoms with Gasteiger partial charge in [-0.25, -0.2) is 4.79 Å². The van der Waals surface area contributed by atoms with Crippen molar-refractivity contribution >= 4 is 11.7 Å². The highest BCUT2D eigenvalue weighted by Gasteiger charge is 2.09. The molecule has 0 saturated carbocycles. The molecule has 0 heterocycles. The largest absolute Gasteiger partial charge is 0.322 e. The molecule has 0 saturated heterocycles. The number of urea groups is 1. The third-order valence-electron chi connectivity index (χ3n) is 1.96. The van der Waals surface area contributed by atoms with E-state index < -0.39 is 0 Å². The van der Waals surface area contributed by atoms with Gasteiger partial charge in [0.2, 0.25) is 0 Å². The van der Waals surface area contributed by atoms with E-state index in [-0.39, 0.29) is 12.6 Å². The number of anilines is 1. The first kappa shape index (κ1) is 11.1. The highest BCUT2D eigenvalue weighted by atomic mass is 16.2. The van der Waals surface area contributed by atoms with Crippen LogP contribution in [0.25, 0.3) is 0 Å². The van der Waals surface area contributed by atoms with Gasteiger partial charge in [0.05, 0.1) is 6.07 Å². The van der Waals surface area contributed by atoms with Crippen LogP contribution >= 0.6 is 0 Å². The SMILES string of the molecule is CCN(CC#N)C(=O)Nc1ccccc1. The van der Waals surface area contributed by atoms with Gasteiger partial charge >= 0.3 is 6.03 Å². The molecule has 2 amide bonds. The van der Waals surface area contributed by atoms with Crippen molar-refractivity contribution in [3.05, 3.63) is 30.3 Å². The Kier molecular flexibility index (Phi) is 4.17. The molecule has 15 heavy (non-hydrogen) atoms. The molecule has 1 aromatic rings.